The predicted octanol–water partition coefficient (Wildman–Crippen LogP) is 2.99. The van der Waals surface area contributed by atoms with Crippen LogP contribution < -0.4 is 21.7 Å². The summed E-state index contributed by atoms with van der Waals surface area (Å²) in [5.74, 6) is 0.394. The molecule has 3 heterocycles. The van der Waals surface area contributed by atoms with Crippen LogP contribution in [0.5, 0.6) is 5.88 Å². The second-order valence-electron chi connectivity index (χ2n) is 8.67. The van der Waals surface area contributed by atoms with E-state index in [4.69, 9.17) is 21.6 Å². The number of rotatable bonds is 6. The third kappa shape index (κ3) is 4.36. The van der Waals surface area contributed by atoms with Gasteiger partial charge in [-0.3, -0.25) is 9.98 Å². The van der Waals surface area contributed by atoms with E-state index in [2.05, 4.69) is 32.5 Å². The average Bonchev–Trinajstić information content (AvgIpc) is 3.51. The number of nitrogens with one attached hydrogen (secondary N) is 3. The van der Waals surface area contributed by atoms with Crippen molar-refractivity contribution < 1.29 is 5.11 Å². The largest absolute Gasteiger partial charge is 0.493 e. The Labute approximate surface area is 209 Å². The number of aromatic amines is 2. The van der Waals surface area contributed by atoms with E-state index in [1.807, 2.05) is 42.5 Å². The van der Waals surface area contributed by atoms with E-state index >= 15 is 0 Å². The van der Waals surface area contributed by atoms with Gasteiger partial charge in [-0.05, 0) is 36.1 Å². The van der Waals surface area contributed by atoms with E-state index in [-0.39, 0.29) is 17.6 Å². The van der Waals surface area contributed by atoms with Crippen LogP contribution in [-0.4, -0.2) is 35.7 Å². The second kappa shape index (κ2) is 9.01. The highest BCUT2D eigenvalue weighted by Crippen LogP contribution is 2.30. The van der Waals surface area contributed by atoms with Gasteiger partial charge in [0.2, 0.25) is 5.88 Å². The Morgan fingerprint density at radius 3 is 2.67 bits per heavy atom. The molecule has 1 aliphatic rings. The van der Waals surface area contributed by atoms with Crippen molar-refractivity contribution >= 4 is 29.1 Å². The lowest BCUT2D eigenvalue weighted by Gasteiger charge is -2.12. The quantitative estimate of drug-likeness (QED) is 0.286. The molecule has 3 aromatic heterocycles. The number of H-pyrrole nitrogens is 2. The molecule has 0 amide bonds. The highest BCUT2D eigenvalue weighted by atomic mass is 35.5. The van der Waals surface area contributed by atoms with Gasteiger partial charge in [0.1, 0.15) is 11.5 Å². The van der Waals surface area contributed by atoms with Gasteiger partial charge in [-0.25, -0.2) is 9.78 Å². The molecule has 0 unspecified atom stereocenters. The standard InChI is InChI=1S/C26H22ClN7O2/c27-20-8-4-3-7-19(20)18-6-2-1-5-15(18)13-28-22-12-23(30-17-9-10-17)34-24(32-22)16(14-29-34)11-21-25(35)33-26(36)31-21/h1-8,11-12,14,17,28,35H,9-10,13H2,(H2,31,33,36). The van der Waals surface area contributed by atoms with E-state index in [0.29, 0.717) is 33.7 Å². The zero-order valence-corrected chi connectivity index (χ0v) is 19.8. The Morgan fingerprint density at radius 2 is 1.92 bits per heavy atom. The summed E-state index contributed by atoms with van der Waals surface area (Å²) < 4.78 is 1.68. The summed E-state index contributed by atoms with van der Waals surface area (Å²) in [6.07, 6.45) is 5.36. The molecule has 5 aromatic rings. The molecule has 0 atom stereocenters. The van der Waals surface area contributed by atoms with Gasteiger partial charge in [0, 0.05) is 28.4 Å². The molecule has 0 spiro atoms. The molecule has 0 aliphatic heterocycles. The molecular formula is C26H22ClN7O2. The van der Waals surface area contributed by atoms with Crippen molar-refractivity contribution in [3.8, 4) is 17.0 Å². The lowest BCUT2D eigenvalue weighted by molar-refractivity contribution is 0.454. The van der Waals surface area contributed by atoms with E-state index < -0.39 is 5.69 Å². The molecule has 1 saturated carbocycles. The van der Waals surface area contributed by atoms with Crippen LogP contribution in [0, 0.1) is 0 Å². The first-order chi connectivity index (χ1) is 17.5. The fourth-order valence-corrected chi connectivity index (χ4v) is 4.33. The van der Waals surface area contributed by atoms with Crippen LogP contribution >= 0.6 is 11.6 Å². The molecule has 6 rings (SSSR count). The van der Waals surface area contributed by atoms with Crippen LogP contribution in [-0.2, 0) is 6.54 Å². The predicted molar refractivity (Wildman–Crippen MR) is 138 cm³/mol. The molecular weight excluding hydrogens is 478 g/mol. The number of hydrogen-bond donors (Lipinski definition) is 4. The van der Waals surface area contributed by atoms with Gasteiger partial charge in [-0.1, -0.05) is 54.1 Å². The van der Waals surface area contributed by atoms with E-state index in [1.54, 1.807) is 16.8 Å². The van der Waals surface area contributed by atoms with E-state index in [0.717, 1.165) is 29.5 Å². The maximum absolute atomic E-state index is 11.5. The fraction of sp³-hybridized carbons (Fsp3) is 0.154. The number of aromatic hydroxyl groups is 1. The van der Waals surface area contributed by atoms with Gasteiger partial charge < -0.3 is 15.4 Å². The summed E-state index contributed by atoms with van der Waals surface area (Å²) in [4.78, 5) is 26.0. The molecule has 2 aromatic carbocycles. The van der Waals surface area contributed by atoms with Gasteiger partial charge in [0.25, 0.3) is 0 Å². The monoisotopic (exact) mass is 499 g/mol. The Morgan fingerprint density at radius 1 is 1.14 bits per heavy atom. The van der Waals surface area contributed by atoms with Crippen molar-refractivity contribution in [2.24, 2.45) is 4.99 Å². The first-order valence-electron chi connectivity index (χ1n) is 11.6. The number of imidazole rings is 1. The molecule has 0 bridgehead atoms. The second-order valence-corrected chi connectivity index (χ2v) is 9.08. The Balaban J connectivity index is 1.41. The minimum absolute atomic E-state index is 0.243. The molecule has 0 radical (unpaired) electrons. The molecule has 9 nitrogen and oxygen atoms in total. The van der Waals surface area contributed by atoms with Gasteiger partial charge in [0.05, 0.1) is 12.2 Å². The highest BCUT2D eigenvalue weighted by Gasteiger charge is 2.20. The summed E-state index contributed by atoms with van der Waals surface area (Å²) in [5, 5.41) is 19.2. The number of aromatic nitrogens is 5. The number of nitrogens with zero attached hydrogens (tertiary/aromatic N) is 4. The summed E-state index contributed by atoms with van der Waals surface area (Å²) in [7, 11) is 0. The highest BCUT2D eigenvalue weighted by molar-refractivity contribution is 6.33. The van der Waals surface area contributed by atoms with Crippen LogP contribution in [0.4, 0.5) is 5.82 Å². The van der Waals surface area contributed by atoms with Crippen LogP contribution in [0.2, 0.25) is 5.02 Å². The van der Waals surface area contributed by atoms with Crippen LogP contribution in [0.1, 0.15) is 24.1 Å². The van der Waals surface area contributed by atoms with Crippen LogP contribution in [0.15, 0.2) is 70.6 Å². The number of fused-ring (bicyclic) bond motifs is 1. The molecule has 1 aliphatic carbocycles. The normalized spacial score (nSPS) is 14.6. The number of anilines is 1. The summed E-state index contributed by atoms with van der Waals surface area (Å²) in [6.45, 7) is 0.520. The minimum atomic E-state index is -0.493. The SMILES string of the molecule is O=c1[nH]c(O)c(C=c2cnn3c(=NC4CC4)cc(NCc4ccccc4-c4ccccc4Cl)nc23)[nH]1. The van der Waals surface area contributed by atoms with Crippen molar-refractivity contribution in [2.45, 2.75) is 25.4 Å². The fourth-order valence-electron chi connectivity index (χ4n) is 4.09. The minimum Gasteiger partial charge on any atom is -0.493 e. The molecule has 1 fully saturated rings. The maximum atomic E-state index is 11.5. The topological polar surface area (TPSA) is 123 Å². The van der Waals surface area contributed by atoms with E-state index in [9.17, 15) is 9.90 Å². The van der Waals surface area contributed by atoms with Gasteiger partial charge in [0.15, 0.2) is 11.1 Å². The number of benzene rings is 2. The number of hydrogen-bond acceptors (Lipinski definition) is 6. The van der Waals surface area contributed by atoms with Crippen LogP contribution in [0.3, 0.4) is 0 Å². The Bertz CT molecular complexity index is 1770. The first kappa shape index (κ1) is 22.1. The summed E-state index contributed by atoms with van der Waals surface area (Å²) in [5.41, 5.74) is 4.10. The van der Waals surface area contributed by atoms with Crippen LogP contribution in [0.25, 0.3) is 22.9 Å². The molecule has 0 saturated heterocycles. The maximum Gasteiger partial charge on any atom is 0.326 e. The van der Waals surface area contributed by atoms with Crippen molar-refractivity contribution in [2.75, 3.05) is 5.32 Å². The lowest BCUT2D eigenvalue weighted by Crippen LogP contribution is -2.20. The van der Waals surface area contributed by atoms with Crippen molar-refractivity contribution in [1.82, 2.24) is 24.6 Å². The van der Waals surface area contributed by atoms with Gasteiger partial charge in [-0.15, -0.1) is 0 Å². The Hall–Kier alpha value is -4.37. The lowest BCUT2D eigenvalue weighted by atomic mass is 9.99. The van der Waals surface area contributed by atoms with Gasteiger partial charge in [-0.2, -0.15) is 9.61 Å². The molecule has 4 N–H and O–H groups in total. The molecule has 180 valence electrons. The smallest absolute Gasteiger partial charge is 0.326 e. The zero-order chi connectivity index (χ0) is 24.6. The van der Waals surface area contributed by atoms with Gasteiger partial charge >= 0.3 is 5.69 Å². The number of halogens is 1. The zero-order valence-electron chi connectivity index (χ0n) is 19.1. The summed E-state index contributed by atoms with van der Waals surface area (Å²) >= 11 is 6.47. The first-order valence-corrected chi connectivity index (χ1v) is 12.0. The molecule has 10 heteroatoms. The van der Waals surface area contributed by atoms with Crippen molar-refractivity contribution in [3.63, 3.8) is 0 Å². The summed E-state index contributed by atoms with van der Waals surface area (Å²) in [6, 6.07) is 18.0. The van der Waals surface area contributed by atoms with Crippen molar-refractivity contribution in [3.05, 3.63) is 98.3 Å². The Kier molecular flexibility index (Phi) is 5.54. The van der Waals surface area contributed by atoms with Crippen molar-refractivity contribution in [1.29, 1.82) is 0 Å². The molecule has 36 heavy (non-hydrogen) atoms. The average molecular weight is 500 g/mol. The third-order valence-corrected chi connectivity index (χ3v) is 6.35. The third-order valence-electron chi connectivity index (χ3n) is 6.02. The van der Waals surface area contributed by atoms with E-state index in [1.165, 1.54) is 0 Å².